The lowest BCUT2D eigenvalue weighted by Gasteiger charge is -2.08. The molecule has 0 radical (unpaired) electrons. The van der Waals surface area contributed by atoms with Crippen LogP contribution < -0.4 is 4.74 Å². The minimum Gasteiger partial charge on any atom is -0.425 e. The van der Waals surface area contributed by atoms with Crippen molar-refractivity contribution < 1.29 is 9.53 Å². The topological polar surface area (TPSA) is 44.1 Å². The second kappa shape index (κ2) is 5.79. The van der Waals surface area contributed by atoms with Crippen molar-refractivity contribution in [2.45, 2.75) is 19.9 Å². The van der Waals surface area contributed by atoms with Gasteiger partial charge in [-0.25, -0.2) is 9.78 Å². The van der Waals surface area contributed by atoms with Gasteiger partial charge in [0, 0.05) is 6.42 Å². The Bertz CT molecular complexity index is 763. The fourth-order valence-corrected chi connectivity index (χ4v) is 2.35. The Morgan fingerprint density at radius 1 is 1.10 bits per heavy atom. The standard InChI is InChI=1S/C17H16N2O2/c1-2-16-18-14-10-6-7-11-15(14)19(16)12-17(20)21-13-8-4-3-5-9-13/h3-11H,2,12H2,1H3. The zero-order valence-corrected chi connectivity index (χ0v) is 11.8. The summed E-state index contributed by atoms with van der Waals surface area (Å²) in [4.78, 5) is 16.7. The summed E-state index contributed by atoms with van der Waals surface area (Å²) in [5.41, 5.74) is 1.86. The van der Waals surface area contributed by atoms with E-state index in [2.05, 4.69) is 4.98 Å². The molecule has 0 amide bonds. The van der Waals surface area contributed by atoms with Crippen LogP contribution in [0.3, 0.4) is 0 Å². The van der Waals surface area contributed by atoms with Crippen LogP contribution in [0.25, 0.3) is 11.0 Å². The van der Waals surface area contributed by atoms with Crippen molar-refractivity contribution in [3.8, 4) is 5.75 Å². The summed E-state index contributed by atoms with van der Waals surface area (Å²) in [6.45, 7) is 2.19. The summed E-state index contributed by atoms with van der Waals surface area (Å²) < 4.78 is 7.27. The number of hydrogen-bond acceptors (Lipinski definition) is 3. The minimum atomic E-state index is -0.293. The van der Waals surface area contributed by atoms with Gasteiger partial charge in [-0.3, -0.25) is 0 Å². The van der Waals surface area contributed by atoms with Crippen LogP contribution >= 0.6 is 0 Å². The van der Waals surface area contributed by atoms with E-state index in [1.54, 1.807) is 12.1 Å². The number of hydrogen-bond donors (Lipinski definition) is 0. The number of esters is 1. The first kappa shape index (κ1) is 13.4. The second-order valence-corrected chi connectivity index (χ2v) is 4.74. The largest absolute Gasteiger partial charge is 0.425 e. The van der Waals surface area contributed by atoms with Crippen molar-refractivity contribution in [2.24, 2.45) is 0 Å². The van der Waals surface area contributed by atoms with E-state index >= 15 is 0 Å². The predicted octanol–water partition coefficient (Wildman–Crippen LogP) is 3.20. The lowest BCUT2D eigenvalue weighted by molar-refractivity contribution is -0.135. The number of imidazole rings is 1. The van der Waals surface area contributed by atoms with Gasteiger partial charge >= 0.3 is 5.97 Å². The Labute approximate surface area is 123 Å². The number of benzene rings is 2. The molecule has 0 unspecified atom stereocenters. The van der Waals surface area contributed by atoms with Gasteiger partial charge in [0.15, 0.2) is 0 Å². The summed E-state index contributed by atoms with van der Waals surface area (Å²) in [7, 11) is 0. The molecule has 106 valence electrons. The molecule has 2 aromatic carbocycles. The summed E-state index contributed by atoms with van der Waals surface area (Å²) >= 11 is 0. The monoisotopic (exact) mass is 280 g/mol. The molecule has 0 bridgehead atoms. The highest BCUT2D eigenvalue weighted by atomic mass is 16.5. The van der Waals surface area contributed by atoms with Gasteiger partial charge in [-0.1, -0.05) is 37.3 Å². The van der Waals surface area contributed by atoms with Crippen LogP contribution in [0.2, 0.25) is 0 Å². The van der Waals surface area contributed by atoms with Crippen molar-refractivity contribution in [3.63, 3.8) is 0 Å². The number of nitrogens with zero attached hydrogens (tertiary/aromatic N) is 2. The van der Waals surface area contributed by atoms with E-state index in [1.807, 2.05) is 54.0 Å². The van der Waals surface area contributed by atoms with Crippen molar-refractivity contribution >= 4 is 17.0 Å². The third-order valence-electron chi connectivity index (χ3n) is 3.31. The average Bonchev–Trinajstić information content (AvgIpc) is 2.86. The number of rotatable bonds is 4. The van der Waals surface area contributed by atoms with Gasteiger partial charge in [0.05, 0.1) is 11.0 Å². The van der Waals surface area contributed by atoms with Crippen molar-refractivity contribution in [3.05, 3.63) is 60.4 Å². The van der Waals surface area contributed by atoms with Crippen LogP contribution in [-0.2, 0) is 17.8 Å². The summed E-state index contributed by atoms with van der Waals surface area (Å²) in [5.74, 6) is 1.16. The maximum atomic E-state index is 12.1. The Balaban J connectivity index is 1.85. The van der Waals surface area contributed by atoms with Crippen LogP contribution in [0, 0.1) is 0 Å². The molecular weight excluding hydrogens is 264 g/mol. The molecule has 0 N–H and O–H groups in total. The molecule has 0 saturated carbocycles. The van der Waals surface area contributed by atoms with E-state index in [4.69, 9.17) is 4.74 Å². The molecule has 4 heteroatoms. The highest BCUT2D eigenvalue weighted by molar-refractivity contribution is 5.79. The fraction of sp³-hybridized carbons (Fsp3) is 0.176. The zero-order valence-electron chi connectivity index (χ0n) is 11.8. The number of fused-ring (bicyclic) bond motifs is 1. The van der Waals surface area contributed by atoms with E-state index in [0.29, 0.717) is 5.75 Å². The molecule has 0 atom stereocenters. The number of aryl methyl sites for hydroxylation is 1. The quantitative estimate of drug-likeness (QED) is 0.544. The van der Waals surface area contributed by atoms with Crippen LogP contribution in [0.4, 0.5) is 0 Å². The highest BCUT2D eigenvalue weighted by Gasteiger charge is 2.13. The van der Waals surface area contributed by atoms with Gasteiger partial charge in [-0.15, -0.1) is 0 Å². The first-order valence-corrected chi connectivity index (χ1v) is 6.98. The van der Waals surface area contributed by atoms with Gasteiger partial charge in [0.2, 0.25) is 0 Å². The molecule has 0 aliphatic heterocycles. The van der Waals surface area contributed by atoms with Gasteiger partial charge in [-0.05, 0) is 24.3 Å². The molecular formula is C17H16N2O2. The van der Waals surface area contributed by atoms with Crippen LogP contribution in [0.15, 0.2) is 54.6 Å². The van der Waals surface area contributed by atoms with Crippen molar-refractivity contribution in [2.75, 3.05) is 0 Å². The maximum Gasteiger partial charge on any atom is 0.331 e. The lowest BCUT2D eigenvalue weighted by atomic mass is 10.3. The molecule has 0 aliphatic rings. The molecule has 4 nitrogen and oxygen atoms in total. The Morgan fingerprint density at radius 2 is 1.81 bits per heavy atom. The maximum absolute atomic E-state index is 12.1. The lowest BCUT2D eigenvalue weighted by Crippen LogP contribution is -2.17. The summed E-state index contributed by atoms with van der Waals surface area (Å²) in [6.07, 6.45) is 0.771. The van der Waals surface area contributed by atoms with E-state index in [0.717, 1.165) is 23.3 Å². The number of para-hydroxylation sites is 3. The molecule has 0 aliphatic carbocycles. The SMILES string of the molecule is CCc1nc2ccccc2n1CC(=O)Oc1ccccc1. The van der Waals surface area contributed by atoms with Crippen molar-refractivity contribution in [1.82, 2.24) is 9.55 Å². The van der Waals surface area contributed by atoms with E-state index in [1.165, 1.54) is 0 Å². The first-order chi connectivity index (χ1) is 10.3. The van der Waals surface area contributed by atoms with E-state index < -0.39 is 0 Å². The summed E-state index contributed by atoms with van der Waals surface area (Å²) in [6, 6.07) is 16.9. The molecule has 3 aromatic rings. The van der Waals surface area contributed by atoms with Gasteiger partial charge < -0.3 is 9.30 Å². The molecule has 1 heterocycles. The molecule has 0 fully saturated rings. The number of carbonyl (C=O) groups is 1. The molecule has 21 heavy (non-hydrogen) atoms. The van der Waals surface area contributed by atoms with Crippen LogP contribution in [-0.4, -0.2) is 15.5 Å². The number of aromatic nitrogens is 2. The molecule has 0 spiro atoms. The second-order valence-electron chi connectivity index (χ2n) is 4.74. The van der Waals surface area contributed by atoms with Gasteiger partial charge in [-0.2, -0.15) is 0 Å². The molecule has 3 rings (SSSR count). The number of carbonyl (C=O) groups excluding carboxylic acids is 1. The Morgan fingerprint density at radius 3 is 2.57 bits per heavy atom. The average molecular weight is 280 g/mol. The third-order valence-corrected chi connectivity index (χ3v) is 3.31. The Hall–Kier alpha value is -2.62. The third kappa shape index (κ3) is 2.79. The Kier molecular flexibility index (Phi) is 3.69. The zero-order chi connectivity index (χ0) is 14.7. The molecule has 0 saturated heterocycles. The highest BCUT2D eigenvalue weighted by Crippen LogP contribution is 2.17. The smallest absolute Gasteiger partial charge is 0.331 e. The van der Waals surface area contributed by atoms with Crippen molar-refractivity contribution in [1.29, 1.82) is 0 Å². The summed E-state index contributed by atoms with van der Waals surface area (Å²) in [5, 5.41) is 0. The van der Waals surface area contributed by atoms with Gasteiger partial charge in [0.25, 0.3) is 0 Å². The first-order valence-electron chi connectivity index (χ1n) is 6.98. The predicted molar refractivity (Wildman–Crippen MR) is 81.2 cm³/mol. The van der Waals surface area contributed by atoms with Crippen LogP contribution in [0.5, 0.6) is 5.75 Å². The van der Waals surface area contributed by atoms with E-state index in [9.17, 15) is 4.79 Å². The van der Waals surface area contributed by atoms with E-state index in [-0.39, 0.29) is 12.5 Å². The number of ether oxygens (including phenoxy) is 1. The normalized spacial score (nSPS) is 10.7. The van der Waals surface area contributed by atoms with Gasteiger partial charge in [0.1, 0.15) is 18.1 Å². The molecule has 1 aromatic heterocycles. The minimum absolute atomic E-state index is 0.165. The van der Waals surface area contributed by atoms with Crippen LogP contribution in [0.1, 0.15) is 12.7 Å². The fourth-order valence-electron chi connectivity index (χ4n) is 2.35.